The Balaban J connectivity index is 1.80. The molecule has 1 aliphatic rings. The van der Waals surface area contributed by atoms with Crippen molar-refractivity contribution in [3.63, 3.8) is 0 Å². The predicted molar refractivity (Wildman–Crippen MR) is 94.7 cm³/mol. The number of carbonyl (C=O) groups is 1. The molecular weight excluding hydrogens is 290 g/mol. The molecule has 23 heavy (non-hydrogen) atoms. The zero-order valence-electron chi connectivity index (χ0n) is 14.3. The quantitative estimate of drug-likeness (QED) is 0.722. The normalized spacial score (nSPS) is 17.2. The summed E-state index contributed by atoms with van der Waals surface area (Å²) in [4.78, 5) is 14.1. The Morgan fingerprint density at radius 3 is 2.78 bits per heavy atom. The number of amides is 1. The number of anilines is 2. The van der Waals surface area contributed by atoms with Crippen LogP contribution >= 0.6 is 0 Å². The lowest BCUT2D eigenvalue weighted by Gasteiger charge is -2.23. The third-order valence-corrected chi connectivity index (χ3v) is 4.39. The van der Waals surface area contributed by atoms with Crippen molar-refractivity contribution in [2.45, 2.75) is 45.6 Å². The van der Waals surface area contributed by atoms with E-state index in [4.69, 9.17) is 10.5 Å². The van der Waals surface area contributed by atoms with E-state index in [1.54, 1.807) is 0 Å². The minimum absolute atomic E-state index is 0.0758. The minimum atomic E-state index is 0.0758. The van der Waals surface area contributed by atoms with E-state index in [0.29, 0.717) is 19.4 Å². The van der Waals surface area contributed by atoms with E-state index in [2.05, 4.69) is 36.2 Å². The number of nitrogens with two attached hydrogens (primary N) is 1. The Labute approximate surface area is 139 Å². The number of nitrogens with one attached hydrogen (secondary N) is 1. The number of rotatable bonds is 8. The van der Waals surface area contributed by atoms with Gasteiger partial charge in [-0.1, -0.05) is 6.07 Å². The lowest BCUT2D eigenvalue weighted by molar-refractivity contribution is -0.121. The second-order valence-electron chi connectivity index (χ2n) is 6.00. The summed E-state index contributed by atoms with van der Waals surface area (Å²) in [5.74, 6) is 0.0758. The van der Waals surface area contributed by atoms with E-state index < -0.39 is 0 Å². The van der Waals surface area contributed by atoms with Gasteiger partial charge in [-0.25, -0.2) is 0 Å². The SMILES string of the molecule is CCN(CC)c1ccc(CCC(=O)NCC2CCCO2)cc1N. The second kappa shape index (κ2) is 8.77. The van der Waals surface area contributed by atoms with E-state index in [9.17, 15) is 4.79 Å². The van der Waals surface area contributed by atoms with Crippen LogP contribution in [-0.2, 0) is 16.0 Å². The van der Waals surface area contributed by atoms with Crippen molar-refractivity contribution in [2.75, 3.05) is 36.9 Å². The number of nitrogen functional groups attached to an aromatic ring is 1. The second-order valence-corrected chi connectivity index (χ2v) is 6.00. The highest BCUT2D eigenvalue weighted by atomic mass is 16.5. The van der Waals surface area contributed by atoms with E-state index in [1.807, 2.05) is 6.07 Å². The van der Waals surface area contributed by atoms with Crippen LogP contribution in [-0.4, -0.2) is 38.3 Å². The molecule has 5 nitrogen and oxygen atoms in total. The van der Waals surface area contributed by atoms with Crippen LogP contribution in [0.3, 0.4) is 0 Å². The summed E-state index contributed by atoms with van der Waals surface area (Å²) in [5, 5.41) is 2.95. The Hall–Kier alpha value is -1.75. The molecule has 2 rings (SSSR count). The molecule has 128 valence electrons. The lowest BCUT2D eigenvalue weighted by atomic mass is 10.1. The van der Waals surface area contributed by atoms with Crippen LogP contribution in [0.5, 0.6) is 0 Å². The monoisotopic (exact) mass is 319 g/mol. The van der Waals surface area contributed by atoms with Crippen molar-refractivity contribution in [1.29, 1.82) is 0 Å². The summed E-state index contributed by atoms with van der Waals surface area (Å²) >= 11 is 0. The first kappa shape index (κ1) is 17.6. The van der Waals surface area contributed by atoms with Crippen molar-refractivity contribution >= 4 is 17.3 Å². The van der Waals surface area contributed by atoms with Gasteiger partial charge in [-0.3, -0.25) is 4.79 Å². The van der Waals surface area contributed by atoms with Gasteiger partial charge in [0.25, 0.3) is 0 Å². The van der Waals surface area contributed by atoms with Gasteiger partial charge in [0.15, 0.2) is 0 Å². The van der Waals surface area contributed by atoms with Crippen molar-refractivity contribution in [1.82, 2.24) is 5.32 Å². The third-order valence-electron chi connectivity index (χ3n) is 4.39. The van der Waals surface area contributed by atoms with Gasteiger partial charge in [-0.2, -0.15) is 0 Å². The third kappa shape index (κ3) is 5.13. The average Bonchev–Trinajstić information content (AvgIpc) is 3.07. The molecule has 1 amide bonds. The minimum Gasteiger partial charge on any atom is -0.397 e. The van der Waals surface area contributed by atoms with Gasteiger partial charge >= 0.3 is 0 Å². The summed E-state index contributed by atoms with van der Waals surface area (Å²) < 4.78 is 5.50. The number of aryl methyl sites for hydroxylation is 1. The van der Waals surface area contributed by atoms with Gasteiger partial charge in [0.05, 0.1) is 17.5 Å². The Bertz CT molecular complexity index is 509. The number of hydrogen-bond donors (Lipinski definition) is 2. The zero-order valence-corrected chi connectivity index (χ0v) is 14.3. The molecule has 0 spiro atoms. The Morgan fingerprint density at radius 2 is 2.17 bits per heavy atom. The average molecular weight is 319 g/mol. The smallest absolute Gasteiger partial charge is 0.220 e. The summed E-state index contributed by atoms with van der Waals surface area (Å²) in [6.07, 6.45) is 3.53. The highest BCUT2D eigenvalue weighted by Gasteiger charge is 2.16. The summed E-state index contributed by atoms with van der Waals surface area (Å²) in [6.45, 7) is 7.56. The molecule has 0 saturated carbocycles. The maximum Gasteiger partial charge on any atom is 0.220 e. The van der Waals surface area contributed by atoms with Crippen LogP contribution in [0.1, 0.15) is 38.7 Å². The lowest BCUT2D eigenvalue weighted by Crippen LogP contribution is -2.31. The molecule has 0 aromatic heterocycles. The Morgan fingerprint density at radius 1 is 1.39 bits per heavy atom. The molecule has 1 aliphatic heterocycles. The van der Waals surface area contributed by atoms with Crippen LogP contribution in [0.2, 0.25) is 0 Å². The number of hydrogen-bond acceptors (Lipinski definition) is 4. The number of nitrogens with zero attached hydrogens (tertiary/aromatic N) is 1. The molecule has 0 aliphatic carbocycles. The first-order valence-electron chi connectivity index (χ1n) is 8.65. The summed E-state index contributed by atoms with van der Waals surface area (Å²) in [7, 11) is 0. The van der Waals surface area contributed by atoms with E-state index >= 15 is 0 Å². The van der Waals surface area contributed by atoms with Crippen molar-refractivity contribution in [3.8, 4) is 0 Å². The van der Waals surface area contributed by atoms with Crippen LogP contribution < -0.4 is 16.0 Å². The van der Waals surface area contributed by atoms with Gasteiger partial charge in [-0.05, 0) is 50.8 Å². The number of benzene rings is 1. The number of ether oxygens (including phenoxy) is 1. The molecule has 1 aromatic carbocycles. The molecule has 0 bridgehead atoms. The highest BCUT2D eigenvalue weighted by molar-refractivity contribution is 5.76. The van der Waals surface area contributed by atoms with Gasteiger partial charge in [0, 0.05) is 32.7 Å². The molecular formula is C18H29N3O2. The van der Waals surface area contributed by atoms with E-state index in [0.717, 1.165) is 49.5 Å². The molecule has 1 fully saturated rings. The van der Waals surface area contributed by atoms with Gasteiger partial charge in [-0.15, -0.1) is 0 Å². The molecule has 3 N–H and O–H groups in total. The van der Waals surface area contributed by atoms with Crippen LogP contribution in [0.4, 0.5) is 11.4 Å². The van der Waals surface area contributed by atoms with Gasteiger partial charge < -0.3 is 20.7 Å². The molecule has 1 unspecified atom stereocenters. The Kier molecular flexibility index (Phi) is 6.71. The van der Waals surface area contributed by atoms with E-state index in [1.165, 1.54) is 0 Å². The first-order chi connectivity index (χ1) is 11.1. The maximum atomic E-state index is 11.9. The summed E-state index contributed by atoms with van der Waals surface area (Å²) in [5.41, 5.74) is 9.12. The molecule has 1 heterocycles. The largest absolute Gasteiger partial charge is 0.397 e. The zero-order chi connectivity index (χ0) is 16.7. The van der Waals surface area contributed by atoms with Crippen molar-refractivity contribution in [2.24, 2.45) is 0 Å². The van der Waals surface area contributed by atoms with Crippen molar-refractivity contribution in [3.05, 3.63) is 23.8 Å². The molecule has 0 radical (unpaired) electrons. The van der Waals surface area contributed by atoms with Crippen LogP contribution in [0.15, 0.2) is 18.2 Å². The van der Waals surface area contributed by atoms with Crippen molar-refractivity contribution < 1.29 is 9.53 Å². The van der Waals surface area contributed by atoms with Gasteiger partial charge in [0.2, 0.25) is 5.91 Å². The standard InChI is InChI=1S/C18H29N3O2/c1-3-21(4-2)17-9-7-14(12-16(17)19)8-10-18(22)20-13-15-6-5-11-23-15/h7,9,12,15H,3-6,8,10-11,13,19H2,1-2H3,(H,20,22). The molecule has 1 saturated heterocycles. The number of carbonyl (C=O) groups excluding carboxylic acids is 1. The fraction of sp³-hybridized carbons (Fsp3) is 0.611. The maximum absolute atomic E-state index is 11.9. The molecule has 5 heteroatoms. The van der Waals surface area contributed by atoms with Crippen LogP contribution in [0, 0.1) is 0 Å². The first-order valence-corrected chi connectivity index (χ1v) is 8.65. The summed E-state index contributed by atoms with van der Waals surface area (Å²) in [6, 6.07) is 6.11. The highest BCUT2D eigenvalue weighted by Crippen LogP contribution is 2.24. The fourth-order valence-electron chi connectivity index (χ4n) is 2.99. The predicted octanol–water partition coefficient (Wildman–Crippen LogP) is 2.34. The fourth-order valence-corrected chi connectivity index (χ4v) is 2.99. The topological polar surface area (TPSA) is 67.6 Å². The van der Waals surface area contributed by atoms with Gasteiger partial charge in [0.1, 0.15) is 0 Å². The van der Waals surface area contributed by atoms with Crippen LogP contribution in [0.25, 0.3) is 0 Å². The molecule has 1 atom stereocenters. The van der Waals surface area contributed by atoms with E-state index in [-0.39, 0.29) is 12.0 Å². The molecule has 1 aromatic rings.